The molecule has 0 aliphatic heterocycles. The summed E-state index contributed by atoms with van der Waals surface area (Å²) in [7, 11) is 3.37. The van der Waals surface area contributed by atoms with Crippen molar-refractivity contribution < 1.29 is 13.9 Å². The minimum atomic E-state index is 0.754. The molecule has 3 heteroatoms. The van der Waals surface area contributed by atoms with Crippen molar-refractivity contribution in [3.63, 3.8) is 0 Å². The summed E-state index contributed by atoms with van der Waals surface area (Å²) in [5.41, 5.74) is 4.61. The number of benzene rings is 3. The number of fused-ring (bicyclic) bond motifs is 1. The SMILES string of the molecule is COc1ccc(Cc2oc3ccccc3c2Cc2ccc(OC)cc2)cc1. The molecule has 0 aliphatic carbocycles. The molecule has 1 heterocycles. The van der Waals surface area contributed by atoms with Crippen LogP contribution in [0, 0.1) is 0 Å². The number of para-hydroxylation sites is 1. The van der Waals surface area contributed by atoms with Crippen molar-refractivity contribution in [2.45, 2.75) is 12.8 Å². The van der Waals surface area contributed by atoms with Gasteiger partial charge in [-0.3, -0.25) is 0 Å². The van der Waals surface area contributed by atoms with Gasteiger partial charge in [0.1, 0.15) is 22.8 Å². The van der Waals surface area contributed by atoms with Crippen molar-refractivity contribution in [2.75, 3.05) is 14.2 Å². The Morgan fingerprint density at radius 3 is 1.81 bits per heavy atom. The van der Waals surface area contributed by atoms with Crippen molar-refractivity contribution in [3.8, 4) is 11.5 Å². The fourth-order valence-corrected chi connectivity index (χ4v) is 3.36. The second-order valence-corrected chi connectivity index (χ2v) is 6.55. The first-order chi connectivity index (χ1) is 13.3. The normalized spacial score (nSPS) is 10.9. The van der Waals surface area contributed by atoms with Gasteiger partial charge in [0.05, 0.1) is 14.2 Å². The first kappa shape index (κ1) is 17.2. The molecule has 0 unspecified atom stereocenters. The molecule has 0 saturated heterocycles. The van der Waals surface area contributed by atoms with Crippen LogP contribution in [0.4, 0.5) is 0 Å². The van der Waals surface area contributed by atoms with Crippen LogP contribution >= 0.6 is 0 Å². The van der Waals surface area contributed by atoms with Crippen molar-refractivity contribution in [2.24, 2.45) is 0 Å². The Hall–Kier alpha value is -3.20. The minimum Gasteiger partial charge on any atom is -0.497 e. The minimum absolute atomic E-state index is 0.754. The van der Waals surface area contributed by atoms with Gasteiger partial charge in [0.15, 0.2) is 0 Å². The molecule has 0 N–H and O–H groups in total. The van der Waals surface area contributed by atoms with E-state index in [9.17, 15) is 0 Å². The van der Waals surface area contributed by atoms with Crippen LogP contribution in [-0.4, -0.2) is 14.2 Å². The maximum atomic E-state index is 6.22. The first-order valence-electron chi connectivity index (χ1n) is 9.02. The van der Waals surface area contributed by atoms with Crippen LogP contribution in [0.25, 0.3) is 11.0 Å². The number of ether oxygens (including phenoxy) is 2. The Kier molecular flexibility index (Phi) is 4.84. The van der Waals surface area contributed by atoms with E-state index in [0.717, 1.165) is 35.7 Å². The zero-order valence-corrected chi connectivity index (χ0v) is 15.6. The maximum absolute atomic E-state index is 6.22. The number of furan rings is 1. The highest BCUT2D eigenvalue weighted by atomic mass is 16.5. The molecule has 1 aromatic heterocycles. The lowest BCUT2D eigenvalue weighted by Gasteiger charge is -2.06. The lowest BCUT2D eigenvalue weighted by atomic mass is 9.99. The Morgan fingerprint density at radius 2 is 1.22 bits per heavy atom. The van der Waals surface area contributed by atoms with Gasteiger partial charge in [0.25, 0.3) is 0 Å². The molecule has 4 rings (SSSR count). The predicted molar refractivity (Wildman–Crippen MR) is 108 cm³/mol. The zero-order valence-electron chi connectivity index (χ0n) is 15.6. The van der Waals surface area contributed by atoms with Crippen LogP contribution in [0.5, 0.6) is 11.5 Å². The van der Waals surface area contributed by atoms with Crippen LogP contribution < -0.4 is 9.47 Å². The van der Waals surface area contributed by atoms with Crippen molar-refractivity contribution >= 4 is 11.0 Å². The molecule has 0 bridgehead atoms. The van der Waals surface area contributed by atoms with E-state index in [-0.39, 0.29) is 0 Å². The van der Waals surface area contributed by atoms with Gasteiger partial charge in [-0.1, -0.05) is 42.5 Å². The van der Waals surface area contributed by atoms with Gasteiger partial charge < -0.3 is 13.9 Å². The number of hydrogen-bond acceptors (Lipinski definition) is 3. The maximum Gasteiger partial charge on any atom is 0.134 e. The summed E-state index contributed by atoms with van der Waals surface area (Å²) in [6, 6.07) is 24.6. The highest BCUT2D eigenvalue weighted by molar-refractivity contribution is 5.82. The third-order valence-corrected chi connectivity index (χ3v) is 4.85. The molecule has 0 amide bonds. The Balaban J connectivity index is 1.69. The molecule has 3 aromatic carbocycles. The van der Waals surface area contributed by atoms with Crippen LogP contribution in [0.3, 0.4) is 0 Å². The van der Waals surface area contributed by atoms with E-state index >= 15 is 0 Å². The summed E-state index contributed by atoms with van der Waals surface area (Å²) in [6.45, 7) is 0. The average Bonchev–Trinajstić information content (AvgIpc) is 3.06. The van der Waals surface area contributed by atoms with Gasteiger partial charge >= 0.3 is 0 Å². The Labute approximate surface area is 159 Å². The number of methoxy groups -OCH3 is 2. The van der Waals surface area contributed by atoms with Crippen LogP contribution in [0.2, 0.25) is 0 Å². The molecule has 0 aliphatic rings. The van der Waals surface area contributed by atoms with Gasteiger partial charge in [-0.05, 0) is 41.5 Å². The van der Waals surface area contributed by atoms with Gasteiger partial charge in [-0.2, -0.15) is 0 Å². The molecule has 0 fully saturated rings. The average molecular weight is 358 g/mol. The van der Waals surface area contributed by atoms with Gasteiger partial charge in [-0.15, -0.1) is 0 Å². The van der Waals surface area contributed by atoms with E-state index in [4.69, 9.17) is 13.9 Å². The topological polar surface area (TPSA) is 31.6 Å². The highest BCUT2D eigenvalue weighted by Gasteiger charge is 2.15. The highest BCUT2D eigenvalue weighted by Crippen LogP contribution is 2.30. The van der Waals surface area contributed by atoms with Crippen LogP contribution in [0.1, 0.15) is 22.5 Å². The summed E-state index contributed by atoms with van der Waals surface area (Å²) in [5.74, 6) is 2.74. The number of hydrogen-bond donors (Lipinski definition) is 0. The molecular weight excluding hydrogens is 336 g/mol. The van der Waals surface area contributed by atoms with Crippen molar-refractivity contribution in [1.82, 2.24) is 0 Å². The van der Waals surface area contributed by atoms with E-state index in [1.165, 1.54) is 22.1 Å². The lowest BCUT2D eigenvalue weighted by molar-refractivity contribution is 0.414. The zero-order chi connectivity index (χ0) is 18.6. The quantitative estimate of drug-likeness (QED) is 0.447. The summed E-state index contributed by atoms with van der Waals surface area (Å²) in [4.78, 5) is 0. The summed E-state index contributed by atoms with van der Waals surface area (Å²) in [5, 5.41) is 1.18. The molecular formula is C24H22O3. The lowest BCUT2D eigenvalue weighted by Crippen LogP contribution is -1.95. The molecule has 0 spiro atoms. The molecule has 136 valence electrons. The van der Waals surface area contributed by atoms with Crippen molar-refractivity contribution in [1.29, 1.82) is 0 Å². The fraction of sp³-hybridized carbons (Fsp3) is 0.167. The Bertz CT molecular complexity index is 1030. The molecule has 0 atom stereocenters. The van der Waals surface area contributed by atoms with Crippen LogP contribution in [-0.2, 0) is 12.8 Å². The first-order valence-corrected chi connectivity index (χ1v) is 9.02. The molecule has 0 saturated carbocycles. The fourth-order valence-electron chi connectivity index (χ4n) is 3.36. The van der Waals surface area contributed by atoms with E-state index < -0.39 is 0 Å². The largest absolute Gasteiger partial charge is 0.497 e. The third kappa shape index (κ3) is 3.68. The van der Waals surface area contributed by atoms with Gasteiger partial charge in [-0.25, -0.2) is 0 Å². The van der Waals surface area contributed by atoms with Gasteiger partial charge in [0, 0.05) is 23.8 Å². The summed E-state index contributed by atoms with van der Waals surface area (Å²) >= 11 is 0. The summed E-state index contributed by atoms with van der Waals surface area (Å²) in [6.07, 6.45) is 1.58. The third-order valence-electron chi connectivity index (χ3n) is 4.85. The Morgan fingerprint density at radius 1 is 0.667 bits per heavy atom. The summed E-state index contributed by atoms with van der Waals surface area (Å²) < 4.78 is 16.7. The van der Waals surface area contributed by atoms with Gasteiger partial charge in [0.2, 0.25) is 0 Å². The molecule has 0 radical (unpaired) electrons. The van der Waals surface area contributed by atoms with E-state index in [1.807, 2.05) is 36.4 Å². The second-order valence-electron chi connectivity index (χ2n) is 6.55. The second kappa shape index (κ2) is 7.58. The standard InChI is InChI=1S/C24H22O3/c1-25-19-11-7-17(8-12-19)15-22-21-5-3-4-6-23(21)27-24(22)16-18-9-13-20(26-2)14-10-18/h3-14H,15-16H2,1-2H3. The van der Waals surface area contributed by atoms with E-state index in [2.05, 4.69) is 36.4 Å². The molecule has 27 heavy (non-hydrogen) atoms. The molecule has 4 aromatic rings. The smallest absolute Gasteiger partial charge is 0.134 e. The van der Waals surface area contributed by atoms with Crippen molar-refractivity contribution in [3.05, 3.63) is 95.2 Å². The monoisotopic (exact) mass is 358 g/mol. The molecule has 3 nitrogen and oxygen atoms in total. The number of rotatable bonds is 6. The van der Waals surface area contributed by atoms with E-state index in [1.54, 1.807) is 14.2 Å². The van der Waals surface area contributed by atoms with Crippen LogP contribution in [0.15, 0.2) is 77.2 Å². The predicted octanol–water partition coefficient (Wildman–Crippen LogP) is 5.63. The van der Waals surface area contributed by atoms with E-state index in [0.29, 0.717) is 0 Å².